The van der Waals surface area contributed by atoms with Gasteiger partial charge in [0.25, 0.3) is 0 Å². The SMILES string of the molecule is CC1(C)Cc2cc(S(=O)(=O)N3CCC[C@@H](C(=O)O)C3)ccc2O1. The molecule has 0 spiro atoms. The van der Waals surface area contributed by atoms with Crippen molar-refractivity contribution in [1.82, 2.24) is 4.31 Å². The van der Waals surface area contributed by atoms with Crippen molar-refractivity contribution >= 4 is 16.0 Å². The fourth-order valence-electron chi connectivity index (χ4n) is 3.26. The molecule has 1 aromatic rings. The number of ether oxygens (including phenoxy) is 1. The number of fused-ring (bicyclic) bond motifs is 1. The lowest BCUT2D eigenvalue weighted by Crippen LogP contribution is -2.42. The lowest BCUT2D eigenvalue weighted by Gasteiger charge is -2.29. The fraction of sp³-hybridized carbons (Fsp3) is 0.562. The summed E-state index contributed by atoms with van der Waals surface area (Å²) in [6.07, 6.45) is 1.74. The Kier molecular flexibility index (Phi) is 3.88. The van der Waals surface area contributed by atoms with Gasteiger partial charge in [-0.25, -0.2) is 8.42 Å². The Morgan fingerprint density at radius 3 is 2.83 bits per heavy atom. The number of rotatable bonds is 3. The molecule has 0 saturated carbocycles. The van der Waals surface area contributed by atoms with Gasteiger partial charge in [0.1, 0.15) is 11.4 Å². The first-order valence-electron chi connectivity index (χ1n) is 7.74. The second-order valence-corrected chi connectivity index (χ2v) is 8.79. The topological polar surface area (TPSA) is 83.9 Å². The van der Waals surface area contributed by atoms with E-state index in [1.165, 1.54) is 4.31 Å². The highest BCUT2D eigenvalue weighted by Crippen LogP contribution is 2.36. The summed E-state index contributed by atoms with van der Waals surface area (Å²) in [5, 5.41) is 9.14. The number of piperidine rings is 1. The third-order valence-corrected chi connectivity index (χ3v) is 6.27. The average Bonchev–Trinajstić information content (AvgIpc) is 2.80. The Labute approximate surface area is 136 Å². The summed E-state index contributed by atoms with van der Waals surface area (Å²) in [5.74, 6) is -0.847. The Bertz CT molecular complexity index is 741. The molecule has 0 unspecified atom stereocenters. The van der Waals surface area contributed by atoms with Crippen LogP contribution in [0.4, 0.5) is 0 Å². The average molecular weight is 339 g/mol. The fourth-order valence-corrected chi connectivity index (χ4v) is 4.83. The van der Waals surface area contributed by atoms with Crippen molar-refractivity contribution in [1.29, 1.82) is 0 Å². The second-order valence-electron chi connectivity index (χ2n) is 6.85. The molecule has 0 aliphatic carbocycles. The van der Waals surface area contributed by atoms with Gasteiger partial charge in [0.15, 0.2) is 0 Å². The molecule has 0 aromatic heterocycles. The monoisotopic (exact) mass is 339 g/mol. The molecule has 7 heteroatoms. The van der Waals surface area contributed by atoms with Gasteiger partial charge in [-0.3, -0.25) is 4.79 Å². The molecule has 2 aliphatic rings. The minimum absolute atomic E-state index is 0.0384. The van der Waals surface area contributed by atoms with E-state index in [0.29, 0.717) is 25.8 Å². The quantitative estimate of drug-likeness (QED) is 0.909. The lowest BCUT2D eigenvalue weighted by molar-refractivity contribution is -0.142. The van der Waals surface area contributed by atoms with Gasteiger partial charge in [0.2, 0.25) is 10.0 Å². The summed E-state index contributed by atoms with van der Waals surface area (Å²) in [6, 6.07) is 4.89. The summed E-state index contributed by atoms with van der Waals surface area (Å²) in [6.45, 7) is 4.33. The molecule has 1 aromatic carbocycles. The van der Waals surface area contributed by atoms with Crippen LogP contribution in [0.25, 0.3) is 0 Å². The molecule has 3 rings (SSSR count). The predicted octanol–water partition coefficient (Wildman–Crippen LogP) is 1.89. The summed E-state index contributed by atoms with van der Waals surface area (Å²) >= 11 is 0. The van der Waals surface area contributed by atoms with Gasteiger partial charge in [-0.2, -0.15) is 4.31 Å². The molecular formula is C16H21NO5S. The highest BCUT2D eigenvalue weighted by Gasteiger charge is 2.35. The van der Waals surface area contributed by atoms with Crippen molar-refractivity contribution in [2.45, 2.75) is 43.6 Å². The molecule has 1 fully saturated rings. The van der Waals surface area contributed by atoms with Gasteiger partial charge in [0.05, 0.1) is 10.8 Å². The van der Waals surface area contributed by atoms with Crippen LogP contribution in [0.2, 0.25) is 0 Å². The number of carbonyl (C=O) groups is 1. The number of nitrogens with zero attached hydrogens (tertiary/aromatic N) is 1. The zero-order valence-electron chi connectivity index (χ0n) is 13.3. The van der Waals surface area contributed by atoms with E-state index in [0.717, 1.165) is 11.3 Å². The number of benzene rings is 1. The van der Waals surface area contributed by atoms with Crippen LogP contribution < -0.4 is 4.74 Å². The summed E-state index contributed by atoms with van der Waals surface area (Å²) in [5.41, 5.74) is 0.549. The van der Waals surface area contributed by atoms with Gasteiger partial charge in [-0.15, -0.1) is 0 Å². The molecule has 2 aliphatic heterocycles. The van der Waals surface area contributed by atoms with E-state index < -0.39 is 21.9 Å². The molecule has 23 heavy (non-hydrogen) atoms. The van der Waals surface area contributed by atoms with E-state index in [9.17, 15) is 13.2 Å². The number of hydrogen-bond acceptors (Lipinski definition) is 4. The van der Waals surface area contributed by atoms with Crippen LogP contribution in [0, 0.1) is 5.92 Å². The standard InChI is InChI=1S/C16H21NO5S/c1-16(2)9-12-8-13(5-6-14(12)22-16)23(20,21)17-7-3-4-11(10-17)15(18)19/h5-6,8,11H,3-4,7,9-10H2,1-2H3,(H,18,19)/t11-/m1/s1. The Morgan fingerprint density at radius 1 is 1.39 bits per heavy atom. The van der Waals surface area contributed by atoms with Crippen LogP contribution in [0.15, 0.2) is 23.1 Å². The molecule has 1 N–H and O–H groups in total. The number of aliphatic carboxylic acids is 1. The van der Waals surface area contributed by atoms with Gasteiger partial charge in [0, 0.05) is 19.5 Å². The van der Waals surface area contributed by atoms with Crippen LogP contribution in [-0.2, 0) is 21.2 Å². The van der Waals surface area contributed by atoms with E-state index in [-0.39, 0.29) is 17.0 Å². The Hall–Kier alpha value is -1.60. The van der Waals surface area contributed by atoms with Crippen molar-refractivity contribution in [3.05, 3.63) is 23.8 Å². The largest absolute Gasteiger partial charge is 0.487 e. The molecule has 1 saturated heterocycles. The van der Waals surface area contributed by atoms with E-state index in [4.69, 9.17) is 9.84 Å². The smallest absolute Gasteiger partial charge is 0.307 e. The zero-order valence-corrected chi connectivity index (χ0v) is 14.1. The summed E-state index contributed by atoms with van der Waals surface area (Å²) < 4.78 is 32.7. The second kappa shape index (κ2) is 5.49. The van der Waals surface area contributed by atoms with E-state index in [1.807, 2.05) is 13.8 Å². The van der Waals surface area contributed by atoms with Gasteiger partial charge in [-0.05, 0) is 50.5 Å². The van der Waals surface area contributed by atoms with Crippen LogP contribution in [0.5, 0.6) is 5.75 Å². The van der Waals surface area contributed by atoms with E-state index in [2.05, 4.69) is 0 Å². The number of carboxylic acid groups (broad SMARTS) is 1. The van der Waals surface area contributed by atoms with Crippen molar-refractivity contribution in [2.24, 2.45) is 5.92 Å². The van der Waals surface area contributed by atoms with Crippen molar-refractivity contribution in [3.8, 4) is 5.75 Å². The van der Waals surface area contributed by atoms with Crippen LogP contribution in [-0.4, -0.2) is 42.5 Å². The Morgan fingerprint density at radius 2 is 2.13 bits per heavy atom. The van der Waals surface area contributed by atoms with E-state index in [1.54, 1.807) is 18.2 Å². The number of carboxylic acids is 1. The van der Waals surface area contributed by atoms with Gasteiger partial charge in [-0.1, -0.05) is 0 Å². The Balaban J connectivity index is 1.88. The molecular weight excluding hydrogens is 318 g/mol. The normalized spacial score (nSPS) is 24.0. The van der Waals surface area contributed by atoms with Crippen LogP contribution in [0.1, 0.15) is 32.3 Å². The number of sulfonamides is 1. The molecule has 1 atom stereocenters. The maximum absolute atomic E-state index is 12.8. The highest BCUT2D eigenvalue weighted by molar-refractivity contribution is 7.89. The zero-order chi connectivity index (χ0) is 16.8. The maximum atomic E-state index is 12.8. The van der Waals surface area contributed by atoms with Crippen molar-refractivity contribution in [2.75, 3.05) is 13.1 Å². The molecule has 126 valence electrons. The first kappa shape index (κ1) is 16.3. The van der Waals surface area contributed by atoms with Crippen LogP contribution in [0.3, 0.4) is 0 Å². The third kappa shape index (κ3) is 3.07. The minimum atomic E-state index is -3.67. The molecule has 6 nitrogen and oxygen atoms in total. The highest BCUT2D eigenvalue weighted by atomic mass is 32.2. The van der Waals surface area contributed by atoms with Crippen LogP contribution >= 0.6 is 0 Å². The van der Waals surface area contributed by atoms with Crippen molar-refractivity contribution in [3.63, 3.8) is 0 Å². The first-order chi connectivity index (χ1) is 10.7. The van der Waals surface area contributed by atoms with Gasteiger partial charge < -0.3 is 9.84 Å². The first-order valence-corrected chi connectivity index (χ1v) is 9.18. The third-order valence-electron chi connectivity index (χ3n) is 4.41. The lowest BCUT2D eigenvalue weighted by atomic mass is 10.0. The summed E-state index contributed by atoms with van der Waals surface area (Å²) in [4.78, 5) is 11.4. The van der Waals surface area contributed by atoms with Crippen molar-refractivity contribution < 1.29 is 23.1 Å². The molecule has 0 bridgehead atoms. The summed E-state index contributed by atoms with van der Waals surface area (Å²) in [7, 11) is -3.67. The maximum Gasteiger partial charge on any atom is 0.307 e. The predicted molar refractivity (Wildman–Crippen MR) is 84.0 cm³/mol. The minimum Gasteiger partial charge on any atom is -0.487 e. The van der Waals surface area contributed by atoms with Gasteiger partial charge >= 0.3 is 5.97 Å². The molecule has 0 amide bonds. The molecule has 0 radical (unpaired) electrons. The molecule has 2 heterocycles. The number of hydrogen-bond donors (Lipinski definition) is 1. The van der Waals surface area contributed by atoms with E-state index >= 15 is 0 Å².